The SMILES string of the molecule is CC(C)n1c(=O)c2cnc(Nc3ccc4c(c3)CCN(C(=O)OC(C)(C)C)C4(C)C)cc2n1-c1ccnc(C(C)(C)C)c1. The molecule has 3 aromatic heterocycles. The van der Waals surface area contributed by atoms with Gasteiger partial charge in [-0.2, -0.15) is 0 Å². The lowest BCUT2D eigenvalue weighted by Gasteiger charge is -2.44. The highest BCUT2D eigenvalue weighted by molar-refractivity contribution is 5.83. The Morgan fingerprint density at radius 2 is 1.74 bits per heavy atom. The summed E-state index contributed by atoms with van der Waals surface area (Å²) >= 11 is 0. The van der Waals surface area contributed by atoms with E-state index in [0.29, 0.717) is 17.7 Å². The number of anilines is 2. The Morgan fingerprint density at radius 3 is 2.40 bits per heavy atom. The van der Waals surface area contributed by atoms with Gasteiger partial charge >= 0.3 is 6.09 Å². The summed E-state index contributed by atoms with van der Waals surface area (Å²) in [6.45, 7) is 20.7. The molecular weight excluding hydrogens is 540 g/mol. The van der Waals surface area contributed by atoms with Crippen LogP contribution in [0.1, 0.15) is 92.1 Å². The summed E-state index contributed by atoms with van der Waals surface area (Å²) in [5.74, 6) is 0.637. The lowest BCUT2D eigenvalue weighted by molar-refractivity contribution is -0.000301. The first-order valence-corrected chi connectivity index (χ1v) is 15.0. The van der Waals surface area contributed by atoms with Crippen LogP contribution in [0.3, 0.4) is 0 Å². The number of nitrogens with zero attached hydrogens (tertiary/aromatic N) is 5. The predicted molar refractivity (Wildman–Crippen MR) is 172 cm³/mol. The topological polar surface area (TPSA) is 94.3 Å². The van der Waals surface area contributed by atoms with Crippen molar-refractivity contribution >= 4 is 28.5 Å². The number of hydrogen-bond donors (Lipinski definition) is 1. The molecule has 1 aliphatic heterocycles. The largest absolute Gasteiger partial charge is 0.444 e. The zero-order chi connectivity index (χ0) is 31.5. The number of rotatable bonds is 4. The van der Waals surface area contributed by atoms with Gasteiger partial charge in [0, 0.05) is 47.8 Å². The van der Waals surface area contributed by atoms with Crippen LogP contribution in [0.4, 0.5) is 16.3 Å². The van der Waals surface area contributed by atoms with Gasteiger partial charge in [-0.15, -0.1) is 0 Å². The molecule has 228 valence electrons. The normalized spacial score (nSPS) is 15.1. The molecule has 1 aliphatic rings. The molecule has 9 heteroatoms. The summed E-state index contributed by atoms with van der Waals surface area (Å²) in [6.07, 6.45) is 3.87. The van der Waals surface area contributed by atoms with E-state index in [1.54, 1.807) is 17.1 Å². The molecule has 43 heavy (non-hydrogen) atoms. The molecule has 9 nitrogen and oxygen atoms in total. The summed E-state index contributed by atoms with van der Waals surface area (Å²) in [7, 11) is 0. The molecular formula is C34H44N6O3. The number of benzene rings is 1. The van der Waals surface area contributed by atoms with Gasteiger partial charge in [0.2, 0.25) is 0 Å². The minimum Gasteiger partial charge on any atom is -0.444 e. The van der Waals surface area contributed by atoms with Gasteiger partial charge in [-0.1, -0.05) is 26.8 Å². The van der Waals surface area contributed by atoms with E-state index in [9.17, 15) is 9.59 Å². The monoisotopic (exact) mass is 584 g/mol. The third-order valence-corrected chi connectivity index (χ3v) is 7.94. The molecule has 0 unspecified atom stereocenters. The van der Waals surface area contributed by atoms with Crippen LogP contribution < -0.4 is 10.9 Å². The van der Waals surface area contributed by atoms with Crippen molar-refractivity contribution in [2.24, 2.45) is 0 Å². The Morgan fingerprint density at radius 1 is 1.02 bits per heavy atom. The number of amides is 1. The number of fused-ring (bicyclic) bond motifs is 2. The zero-order valence-corrected chi connectivity index (χ0v) is 27.1. The van der Waals surface area contributed by atoms with Gasteiger partial charge in [-0.25, -0.2) is 19.1 Å². The van der Waals surface area contributed by atoms with E-state index in [0.717, 1.165) is 34.6 Å². The van der Waals surface area contributed by atoms with Crippen molar-refractivity contribution in [3.05, 3.63) is 76.0 Å². The first-order chi connectivity index (χ1) is 20.0. The number of nitrogens with one attached hydrogen (secondary N) is 1. The van der Waals surface area contributed by atoms with Crippen LogP contribution in [0.5, 0.6) is 0 Å². The summed E-state index contributed by atoms with van der Waals surface area (Å²) in [5.41, 5.74) is 4.47. The lowest BCUT2D eigenvalue weighted by atomic mass is 9.83. The first-order valence-electron chi connectivity index (χ1n) is 15.0. The Labute approximate surface area is 253 Å². The molecule has 1 amide bonds. The van der Waals surface area contributed by atoms with Gasteiger partial charge < -0.3 is 10.1 Å². The summed E-state index contributed by atoms with van der Waals surface area (Å²) < 4.78 is 9.44. The van der Waals surface area contributed by atoms with Gasteiger partial charge in [0.05, 0.1) is 22.1 Å². The van der Waals surface area contributed by atoms with E-state index >= 15 is 0 Å². The highest BCUT2D eigenvalue weighted by Crippen LogP contribution is 2.38. The van der Waals surface area contributed by atoms with E-state index < -0.39 is 11.1 Å². The maximum absolute atomic E-state index is 13.5. The van der Waals surface area contributed by atoms with Crippen LogP contribution in [-0.4, -0.2) is 42.5 Å². The molecule has 4 heterocycles. The molecule has 5 rings (SSSR count). The highest BCUT2D eigenvalue weighted by atomic mass is 16.6. The summed E-state index contributed by atoms with van der Waals surface area (Å²) in [5, 5.41) is 4.02. The second-order valence-electron chi connectivity index (χ2n) is 14.2. The maximum atomic E-state index is 13.5. The molecule has 0 saturated carbocycles. The van der Waals surface area contributed by atoms with Crippen LogP contribution in [0.15, 0.2) is 53.6 Å². The Kier molecular flexibility index (Phi) is 7.43. The van der Waals surface area contributed by atoms with Crippen LogP contribution in [0, 0.1) is 0 Å². The number of aromatic nitrogens is 4. The fourth-order valence-corrected chi connectivity index (χ4v) is 5.79. The van der Waals surface area contributed by atoms with Crippen molar-refractivity contribution in [3.8, 4) is 5.69 Å². The molecule has 0 radical (unpaired) electrons. The first kappa shape index (κ1) is 30.3. The minimum absolute atomic E-state index is 0.0631. The Balaban J connectivity index is 1.51. The van der Waals surface area contributed by atoms with Crippen LogP contribution >= 0.6 is 0 Å². The fourth-order valence-electron chi connectivity index (χ4n) is 5.79. The smallest absolute Gasteiger partial charge is 0.411 e. The Hall–Kier alpha value is -4.14. The minimum atomic E-state index is -0.553. The van der Waals surface area contributed by atoms with Crippen molar-refractivity contribution in [3.63, 3.8) is 0 Å². The molecule has 0 fully saturated rings. The third kappa shape index (κ3) is 5.77. The lowest BCUT2D eigenvalue weighted by Crippen LogP contribution is -2.51. The van der Waals surface area contributed by atoms with E-state index in [-0.39, 0.29) is 23.1 Å². The van der Waals surface area contributed by atoms with Crippen molar-refractivity contribution in [1.29, 1.82) is 0 Å². The fraction of sp³-hybridized carbons (Fsp3) is 0.471. The molecule has 0 aliphatic carbocycles. The molecule has 0 atom stereocenters. The molecule has 0 bridgehead atoms. The molecule has 0 spiro atoms. The summed E-state index contributed by atoms with van der Waals surface area (Å²) in [4.78, 5) is 37.5. The second kappa shape index (κ2) is 10.5. The maximum Gasteiger partial charge on any atom is 0.411 e. The van der Waals surface area contributed by atoms with Gasteiger partial charge in [0.25, 0.3) is 5.56 Å². The average molecular weight is 585 g/mol. The predicted octanol–water partition coefficient (Wildman–Crippen LogP) is 7.23. The average Bonchev–Trinajstić information content (AvgIpc) is 3.18. The van der Waals surface area contributed by atoms with E-state index in [4.69, 9.17) is 4.74 Å². The second-order valence-corrected chi connectivity index (χ2v) is 14.2. The van der Waals surface area contributed by atoms with E-state index in [1.165, 1.54) is 5.56 Å². The van der Waals surface area contributed by atoms with Gasteiger partial charge in [-0.3, -0.25) is 14.7 Å². The Bertz CT molecular complexity index is 1750. The number of hydrogen-bond acceptors (Lipinski definition) is 6. The van der Waals surface area contributed by atoms with Gasteiger partial charge in [0.15, 0.2) is 0 Å². The van der Waals surface area contributed by atoms with Crippen molar-refractivity contribution in [2.45, 2.75) is 98.3 Å². The number of pyridine rings is 2. The zero-order valence-electron chi connectivity index (χ0n) is 27.1. The highest BCUT2D eigenvalue weighted by Gasteiger charge is 2.39. The standard InChI is InChI=1S/C34H44N6O3/c1-21(2)39-30(41)25-20-36-29(19-27(25)40(39)24-13-15-35-28(18-24)32(3,4)5)37-23-11-12-26-22(17-23)14-16-38(34(26,9)10)31(42)43-33(6,7)8/h11-13,15,17-21H,14,16H2,1-10H3,(H,36,37). The third-order valence-electron chi connectivity index (χ3n) is 7.94. The molecule has 0 saturated heterocycles. The number of carbonyl (C=O) groups excluding carboxylic acids is 1. The van der Waals surface area contributed by atoms with Crippen molar-refractivity contribution in [1.82, 2.24) is 24.2 Å². The number of ether oxygens (including phenoxy) is 1. The summed E-state index contributed by atoms with van der Waals surface area (Å²) in [6, 6.07) is 12.1. The van der Waals surface area contributed by atoms with Crippen LogP contribution in [0.2, 0.25) is 0 Å². The van der Waals surface area contributed by atoms with Crippen LogP contribution in [0.25, 0.3) is 16.6 Å². The van der Waals surface area contributed by atoms with E-state index in [2.05, 4.69) is 68.1 Å². The van der Waals surface area contributed by atoms with Crippen molar-refractivity contribution < 1.29 is 9.53 Å². The quantitative estimate of drug-likeness (QED) is 0.272. The van der Waals surface area contributed by atoms with Gasteiger partial charge in [0.1, 0.15) is 11.4 Å². The van der Waals surface area contributed by atoms with E-state index in [1.807, 2.05) is 62.4 Å². The van der Waals surface area contributed by atoms with Gasteiger partial charge in [-0.05, 0) is 90.3 Å². The van der Waals surface area contributed by atoms with Crippen LogP contribution in [-0.2, 0) is 22.1 Å². The molecule has 1 N–H and O–H groups in total. The number of carbonyl (C=O) groups is 1. The van der Waals surface area contributed by atoms with Crippen molar-refractivity contribution in [2.75, 3.05) is 11.9 Å². The molecule has 1 aromatic carbocycles. The molecule has 4 aromatic rings.